The molecule has 0 saturated carbocycles. The van der Waals surface area contributed by atoms with Crippen LogP contribution in [0.1, 0.15) is 18.2 Å². The van der Waals surface area contributed by atoms with E-state index in [9.17, 15) is 4.39 Å². The molecule has 2 heterocycles. The van der Waals surface area contributed by atoms with E-state index in [0.717, 1.165) is 31.9 Å². The first-order chi connectivity index (χ1) is 8.61. The van der Waals surface area contributed by atoms with E-state index in [2.05, 4.69) is 21.8 Å². The van der Waals surface area contributed by atoms with Crippen LogP contribution in [0.2, 0.25) is 5.02 Å². The van der Waals surface area contributed by atoms with Gasteiger partial charge in [0.25, 0.3) is 0 Å². The Balaban J connectivity index is 2.10. The molecule has 0 radical (unpaired) electrons. The van der Waals surface area contributed by atoms with Crippen molar-refractivity contribution in [2.75, 3.05) is 33.2 Å². The topological polar surface area (TPSA) is 19.4 Å². The Bertz CT molecular complexity index is 417. The zero-order valence-electron chi connectivity index (χ0n) is 10.9. The van der Waals surface area contributed by atoms with Crippen LogP contribution in [-0.2, 0) is 13.0 Å². The molecule has 1 fully saturated rings. The molecule has 0 unspecified atom stereocenters. The van der Waals surface area contributed by atoms with E-state index in [4.69, 9.17) is 11.6 Å². The van der Waals surface area contributed by atoms with Crippen molar-refractivity contribution in [3.63, 3.8) is 0 Å². The van der Waals surface area contributed by atoms with E-state index in [-0.39, 0.29) is 5.82 Å². The van der Waals surface area contributed by atoms with Crippen LogP contribution in [0.3, 0.4) is 0 Å². The largest absolute Gasteiger partial charge is 0.304 e. The average molecular weight is 272 g/mol. The van der Waals surface area contributed by atoms with E-state index < -0.39 is 0 Å². The zero-order valence-corrected chi connectivity index (χ0v) is 11.7. The molecule has 1 aliphatic heterocycles. The van der Waals surface area contributed by atoms with Crippen molar-refractivity contribution in [3.05, 3.63) is 28.3 Å². The minimum absolute atomic E-state index is 0.301. The van der Waals surface area contributed by atoms with Crippen LogP contribution in [0.25, 0.3) is 0 Å². The molecule has 0 spiro atoms. The summed E-state index contributed by atoms with van der Waals surface area (Å²) in [7, 11) is 2.12. The molecule has 3 nitrogen and oxygen atoms in total. The maximum atomic E-state index is 13.5. The average Bonchev–Trinajstić information content (AvgIpc) is 2.36. The fourth-order valence-electron chi connectivity index (χ4n) is 2.20. The van der Waals surface area contributed by atoms with Crippen molar-refractivity contribution in [2.24, 2.45) is 0 Å². The molecular weight excluding hydrogens is 253 g/mol. The van der Waals surface area contributed by atoms with Gasteiger partial charge in [0.1, 0.15) is 5.82 Å². The number of aromatic nitrogens is 1. The van der Waals surface area contributed by atoms with Crippen LogP contribution in [0.15, 0.2) is 6.20 Å². The number of piperazine rings is 1. The predicted octanol–water partition coefficient (Wildman–Crippen LogP) is 2.18. The molecule has 0 N–H and O–H groups in total. The smallest absolute Gasteiger partial charge is 0.146 e. The standard InChI is InChI=1S/C13H19ClFN3/c1-3-10-11(15)8-16-12(13(10)14)9-18-6-4-17(2)5-7-18/h8H,3-7,9H2,1-2H3. The fraction of sp³-hybridized carbons (Fsp3) is 0.615. The highest BCUT2D eigenvalue weighted by Crippen LogP contribution is 2.23. The highest BCUT2D eigenvalue weighted by atomic mass is 35.5. The third-order valence-electron chi connectivity index (χ3n) is 3.46. The first kappa shape index (κ1) is 13.7. The second kappa shape index (κ2) is 5.95. The Hall–Kier alpha value is -0.710. The highest BCUT2D eigenvalue weighted by Gasteiger charge is 2.18. The van der Waals surface area contributed by atoms with Crippen molar-refractivity contribution in [2.45, 2.75) is 19.9 Å². The van der Waals surface area contributed by atoms with Crippen LogP contribution < -0.4 is 0 Å². The summed E-state index contributed by atoms with van der Waals surface area (Å²) >= 11 is 6.22. The Morgan fingerprint density at radius 1 is 1.33 bits per heavy atom. The van der Waals surface area contributed by atoms with E-state index in [0.29, 0.717) is 23.6 Å². The molecule has 1 saturated heterocycles. The molecule has 1 aliphatic rings. The monoisotopic (exact) mass is 271 g/mol. The van der Waals surface area contributed by atoms with Crippen LogP contribution in [0.5, 0.6) is 0 Å². The fourth-order valence-corrected chi connectivity index (χ4v) is 2.53. The number of nitrogens with zero attached hydrogens (tertiary/aromatic N) is 3. The molecule has 5 heteroatoms. The van der Waals surface area contributed by atoms with E-state index in [1.165, 1.54) is 6.20 Å². The number of pyridine rings is 1. The summed E-state index contributed by atoms with van der Waals surface area (Å²) in [5.41, 5.74) is 1.37. The van der Waals surface area contributed by atoms with Gasteiger partial charge in [-0.15, -0.1) is 0 Å². The second-order valence-corrected chi connectivity index (χ2v) is 5.16. The molecule has 18 heavy (non-hydrogen) atoms. The third-order valence-corrected chi connectivity index (χ3v) is 3.91. The van der Waals surface area contributed by atoms with Crippen molar-refractivity contribution in [1.29, 1.82) is 0 Å². The van der Waals surface area contributed by atoms with E-state index >= 15 is 0 Å². The number of halogens is 2. The van der Waals surface area contributed by atoms with Crippen LogP contribution in [-0.4, -0.2) is 48.0 Å². The van der Waals surface area contributed by atoms with Crippen LogP contribution in [0, 0.1) is 5.82 Å². The van der Waals surface area contributed by atoms with Crippen molar-refractivity contribution >= 4 is 11.6 Å². The quantitative estimate of drug-likeness (QED) is 0.840. The molecular formula is C13H19ClFN3. The summed E-state index contributed by atoms with van der Waals surface area (Å²) < 4.78 is 13.5. The number of likely N-dealkylation sites (N-methyl/N-ethyl adjacent to an activating group) is 1. The van der Waals surface area contributed by atoms with Gasteiger partial charge in [0.2, 0.25) is 0 Å². The Kier molecular flexibility index (Phi) is 4.54. The van der Waals surface area contributed by atoms with Gasteiger partial charge in [-0.25, -0.2) is 4.39 Å². The van der Waals surface area contributed by atoms with E-state index in [1.54, 1.807) is 0 Å². The molecule has 0 aromatic carbocycles. The molecule has 100 valence electrons. The number of hydrogen-bond acceptors (Lipinski definition) is 3. The zero-order chi connectivity index (χ0) is 13.1. The lowest BCUT2D eigenvalue weighted by Gasteiger charge is -2.32. The van der Waals surface area contributed by atoms with Gasteiger partial charge >= 0.3 is 0 Å². The highest BCUT2D eigenvalue weighted by molar-refractivity contribution is 6.32. The number of rotatable bonds is 3. The summed E-state index contributed by atoms with van der Waals surface area (Å²) in [5, 5.41) is 0.497. The normalized spacial score (nSPS) is 18.2. The molecule has 0 atom stereocenters. The SMILES string of the molecule is CCc1c(F)cnc(CN2CCN(C)CC2)c1Cl. The molecule has 0 amide bonds. The minimum atomic E-state index is -0.301. The first-order valence-corrected chi connectivity index (χ1v) is 6.72. The maximum Gasteiger partial charge on any atom is 0.146 e. The Morgan fingerprint density at radius 2 is 2.00 bits per heavy atom. The molecule has 0 bridgehead atoms. The van der Waals surface area contributed by atoms with Gasteiger partial charge in [-0.1, -0.05) is 18.5 Å². The maximum absolute atomic E-state index is 13.5. The van der Waals surface area contributed by atoms with Gasteiger partial charge < -0.3 is 4.90 Å². The van der Waals surface area contributed by atoms with Gasteiger partial charge in [0, 0.05) is 38.3 Å². The summed E-state index contributed by atoms with van der Waals surface area (Å²) in [6.45, 7) is 6.74. The summed E-state index contributed by atoms with van der Waals surface area (Å²) in [6.07, 6.45) is 1.89. The third kappa shape index (κ3) is 2.99. The molecule has 2 rings (SSSR count). The molecule has 0 aliphatic carbocycles. The summed E-state index contributed by atoms with van der Waals surface area (Å²) in [5.74, 6) is -0.301. The first-order valence-electron chi connectivity index (χ1n) is 6.34. The Morgan fingerprint density at radius 3 is 2.61 bits per heavy atom. The van der Waals surface area contributed by atoms with Gasteiger partial charge in [-0.3, -0.25) is 9.88 Å². The van der Waals surface area contributed by atoms with Gasteiger partial charge in [0.15, 0.2) is 0 Å². The van der Waals surface area contributed by atoms with Crippen molar-refractivity contribution < 1.29 is 4.39 Å². The predicted molar refractivity (Wildman–Crippen MR) is 71.4 cm³/mol. The van der Waals surface area contributed by atoms with Crippen LogP contribution >= 0.6 is 11.6 Å². The van der Waals surface area contributed by atoms with Crippen molar-refractivity contribution in [3.8, 4) is 0 Å². The lowest BCUT2D eigenvalue weighted by atomic mass is 10.1. The second-order valence-electron chi connectivity index (χ2n) is 4.78. The molecule has 1 aromatic rings. The van der Waals surface area contributed by atoms with Crippen molar-refractivity contribution in [1.82, 2.24) is 14.8 Å². The van der Waals surface area contributed by atoms with Gasteiger partial charge in [-0.05, 0) is 13.5 Å². The molecule has 1 aromatic heterocycles. The summed E-state index contributed by atoms with van der Waals surface area (Å²) in [6, 6.07) is 0. The lowest BCUT2D eigenvalue weighted by Crippen LogP contribution is -2.44. The Labute approximate surface area is 113 Å². The van der Waals surface area contributed by atoms with Gasteiger partial charge in [0.05, 0.1) is 16.9 Å². The summed E-state index contributed by atoms with van der Waals surface area (Å²) in [4.78, 5) is 8.75. The lowest BCUT2D eigenvalue weighted by molar-refractivity contribution is 0.147. The van der Waals surface area contributed by atoms with Gasteiger partial charge in [-0.2, -0.15) is 0 Å². The minimum Gasteiger partial charge on any atom is -0.304 e. The van der Waals surface area contributed by atoms with Crippen LogP contribution in [0.4, 0.5) is 4.39 Å². The van der Waals surface area contributed by atoms with E-state index in [1.807, 2.05) is 6.92 Å². The number of hydrogen-bond donors (Lipinski definition) is 0.